The van der Waals surface area contributed by atoms with Crippen molar-refractivity contribution >= 4 is 15.9 Å². The fourth-order valence-corrected chi connectivity index (χ4v) is 3.39. The van der Waals surface area contributed by atoms with E-state index in [9.17, 15) is 13.2 Å². The molecule has 0 aliphatic heterocycles. The molecule has 1 fully saturated rings. The minimum absolute atomic E-state index is 0.00820. The van der Waals surface area contributed by atoms with Crippen molar-refractivity contribution in [3.05, 3.63) is 29.8 Å². The molecule has 1 aliphatic carbocycles. The number of amides is 1. The first-order valence-electron chi connectivity index (χ1n) is 7.35. The lowest BCUT2D eigenvalue weighted by molar-refractivity contribution is -0.136. The average molecular weight is 325 g/mol. The van der Waals surface area contributed by atoms with Crippen molar-refractivity contribution in [2.45, 2.75) is 43.2 Å². The Morgan fingerprint density at radius 1 is 1.27 bits per heavy atom. The van der Waals surface area contributed by atoms with Gasteiger partial charge in [0.2, 0.25) is 15.9 Å². The summed E-state index contributed by atoms with van der Waals surface area (Å²) >= 11 is 0. The molecule has 0 heterocycles. The summed E-state index contributed by atoms with van der Waals surface area (Å²) in [6.07, 6.45) is 2.46. The van der Waals surface area contributed by atoms with E-state index in [1.165, 1.54) is 12.1 Å². The highest BCUT2D eigenvalue weighted by Crippen LogP contribution is 2.29. The first-order chi connectivity index (χ1) is 10.2. The molecule has 2 rings (SSSR count). The third kappa shape index (κ3) is 3.66. The van der Waals surface area contributed by atoms with Crippen LogP contribution in [0.4, 0.5) is 0 Å². The molecule has 3 unspecified atom stereocenters. The molecule has 6 nitrogen and oxygen atoms in total. The fraction of sp³-hybridized carbons (Fsp3) is 0.533. The van der Waals surface area contributed by atoms with Crippen LogP contribution >= 0.6 is 0 Å². The van der Waals surface area contributed by atoms with Crippen molar-refractivity contribution < 1.29 is 13.2 Å². The molecule has 0 bridgehead atoms. The molecule has 4 N–H and O–H groups in total. The van der Waals surface area contributed by atoms with Crippen LogP contribution in [0.25, 0.3) is 0 Å². The number of carbonyl (C=O) groups excluding carboxylic acids is 1. The zero-order valence-electron chi connectivity index (χ0n) is 12.9. The Hall–Kier alpha value is -1.44. The second-order valence-corrected chi connectivity index (χ2v) is 7.57. The van der Waals surface area contributed by atoms with Crippen molar-refractivity contribution in [1.29, 1.82) is 0 Å². The Labute approximate surface area is 131 Å². The largest absolute Gasteiger partial charge is 0.339 e. The zero-order chi connectivity index (χ0) is 16.5. The van der Waals surface area contributed by atoms with E-state index in [1.54, 1.807) is 24.1 Å². The Kier molecular flexibility index (Phi) is 4.89. The standard InChI is InChI=1S/C15H23N3O3S/c1-10(11-4-7-14(8-5-11)22(17,20)21)18(2)15(19)12-3-6-13(16)9-12/h4-5,7-8,10,12-13H,3,6,9,16H2,1-2H3,(H2,17,20,21). The predicted octanol–water partition coefficient (Wildman–Crippen LogP) is 0.981. The second-order valence-electron chi connectivity index (χ2n) is 6.01. The Morgan fingerprint density at radius 3 is 2.32 bits per heavy atom. The molecule has 0 radical (unpaired) electrons. The van der Waals surface area contributed by atoms with E-state index >= 15 is 0 Å². The van der Waals surface area contributed by atoms with E-state index in [4.69, 9.17) is 10.9 Å². The highest BCUT2D eigenvalue weighted by atomic mass is 32.2. The van der Waals surface area contributed by atoms with Crippen LogP contribution in [0, 0.1) is 5.92 Å². The summed E-state index contributed by atoms with van der Waals surface area (Å²) in [5.74, 6) is 0.0853. The van der Waals surface area contributed by atoms with Crippen LogP contribution in [0.5, 0.6) is 0 Å². The van der Waals surface area contributed by atoms with Crippen molar-refractivity contribution in [2.24, 2.45) is 16.8 Å². The van der Waals surface area contributed by atoms with E-state index in [1.807, 2.05) is 6.92 Å². The number of primary sulfonamides is 1. The highest BCUT2D eigenvalue weighted by molar-refractivity contribution is 7.89. The normalized spacial score (nSPS) is 23.3. The van der Waals surface area contributed by atoms with Crippen molar-refractivity contribution in [3.63, 3.8) is 0 Å². The number of rotatable bonds is 4. The van der Waals surface area contributed by atoms with Gasteiger partial charge in [-0.05, 0) is 43.9 Å². The van der Waals surface area contributed by atoms with Crippen LogP contribution < -0.4 is 10.9 Å². The molecule has 1 aromatic rings. The number of hydrogen-bond donors (Lipinski definition) is 2. The third-order valence-electron chi connectivity index (χ3n) is 4.44. The van der Waals surface area contributed by atoms with Gasteiger partial charge >= 0.3 is 0 Å². The number of carbonyl (C=O) groups is 1. The molecule has 3 atom stereocenters. The van der Waals surface area contributed by atoms with E-state index in [0.29, 0.717) is 0 Å². The highest BCUT2D eigenvalue weighted by Gasteiger charge is 2.31. The SMILES string of the molecule is CC(c1ccc(S(N)(=O)=O)cc1)N(C)C(=O)C1CCC(N)C1. The fourth-order valence-electron chi connectivity index (χ4n) is 2.88. The summed E-state index contributed by atoms with van der Waals surface area (Å²) in [6, 6.07) is 6.28. The molecule has 0 saturated heterocycles. The third-order valence-corrected chi connectivity index (χ3v) is 5.37. The second kappa shape index (κ2) is 6.36. The number of hydrogen-bond acceptors (Lipinski definition) is 4. The maximum absolute atomic E-state index is 12.5. The molecule has 7 heteroatoms. The molecular weight excluding hydrogens is 302 g/mol. The first-order valence-corrected chi connectivity index (χ1v) is 8.90. The van der Waals surface area contributed by atoms with Gasteiger partial charge in [0.05, 0.1) is 10.9 Å². The van der Waals surface area contributed by atoms with Gasteiger partial charge < -0.3 is 10.6 Å². The molecule has 1 aliphatic rings. The number of sulfonamides is 1. The summed E-state index contributed by atoms with van der Waals surface area (Å²) in [4.78, 5) is 14.3. The van der Waals surface area contributed by atoms with Crippen LogP contribution in [-0.4, -0.2) is 32.3 Å². The van der Waals surface area contributed by atoms with E-state index < -0.39 is 10.0 Å². The Bertz CT molecular complexity index is 643. The lowest BCUT2D eigenvalue weighted by Gasteiger charge is -2.28. The lowest BCUT2D eigenvalue weighted by atomic mass is 10.0. The summed E-state index contributed by atoms with van der Waals surface area (Å²) < 4.78 is 22.5. The molecule has 0 aromatic heterocycles. The summed E-state index contributed by atoms with van der Waals surface area (Å²) in [5, 5.41) is 5.08. The first kappa shape index (κ1) is 16.9. The minimum atomic E-state index is -3.70. The average Bonchev–Trinajstić information content (AvgIpc) is 2.90. The molecular formula is C15H23N3O3S. The molecule has 1 saturated carbocycles. The molecule has 0 spiro atoms. The van der Waals surface area contributed by atoms with Crippen LogP contribution in [0.2, 0.25) is 0 Å². The van der Waals surface area contributed by atoms with Gasteiger partial charge in [-0.1, -0.05) is 12.1 Å². The van der Waals surface area contributed by atoms with Crippen molar-refractivity contribution in [2.75, 3.05) is 7.05 Å². The van der Waals surface area contributed by atoms with Crippen LogP contribution in [-0.2, 0) is 14.8 Å². The van der Waals surface area contributed by atoms with E-state index in [-0.39, 0.29) is 28.8 Å². The maximum Gasteiger partial charge on any atom is 0.238 e. The molecule has 1 amide bonds. The van der Waals surface area contributed by atoms with E-state index in [0.717, 1.165) is 24.8 Å². The maximum atomic E-state index is 12.5. The monoisotopic (exact) mass is 325 g/mol. The number of nitrogens with zero attached hydrogens (tertiary/aromatic N) is 1. The number of nitrogens with two attached hydrogens (primary N) is 2. The Morgan fingerprint density at radius 2 is 1.86 bits per heavy atom. The lowest BCUT2D eigenvalue weighted by Crippen LogP contribution is -2.34. The predicted molar refractivity (Wildman–Crippen MR) is 84.3 cm³/mol. The summed E-state index contributed by atoms with van der Waals surface area (Å²) in [6.45, 7) is 1.92. The van der Waals surface area contributed by atoms with Crippen molar-refractivity contribution in [3.8, 4) is 0 Å². The summed E-state index contributed by atoms with van der Waals surface area (Å²) in [7, 11) is -1.93. The van der Waals surface area contributed by atoms with Gasteiger partial charge in [-0.2, -0.15) is 0 Å². The van der Waals surface area contributed by atoms with Crippen LogP contribution in [0.3, 0.4) is 0 Å². The minimum Gasteiger partial charge on any atom is -0.339 e. The van der Waals surface area contributed by atoms with Gasteiger partial charge in [-0.15, -0.1) is 0 Å². The molecule has 22 heavy (non-hydrogen) atoms. The zero-order valence-corrected chi connectivity index (χ0v) is 13.7. The topological polar surface area (TPSA) is 106 Å². The molecule has 1 aromatic carbocycles. The van der Waals surface area contributed by atoms with Gasteiger partial charge in [-0.3, -0.25) is 4.79 Å². The summed E-state index contributed by atoms with van der Waals surface area (Å²) in [5.41, 5.74) is 6.73. The van der Waals surface area contributed by atoms with Gasteiger partial charge in [0.25, 0.3) is 0 Å². The Balaban J connectivity index is 2.10. The van der Waals surface area contributed by atoms with Gasteiger partial charge in [-0.25, -0.2) is 13.6 Å². The quantitative estimate of drug-likeness (QED) is 0.860. The smallest absolute Gasteiger partial charge is 0.238 e. The van der Waals surface area contributed by atoms with Crippen LogP contribution in [0.1, 0.15) is 37.8 Å². The van der Waals surface area contributed by atoms with Crippen LogP contribution in [0.15, 0.2) is 29.2 Å². The van der Waals surface area contributed by atoms with Gasteiger partial charge in [0.15, 0.2) is 0 Å². The van der Waals surface area contributed by atoms with E-state index in [2.05, 4.69) is 0 Å². The van der Waals surface area contributed by atoms with Crippen molar-refractivity contribution in [1.82, 2.24) is 4.90 Å². The van der Waals surface area contributed by atoms with Gasteiger partial charge in [0.1, 0.15) is 0 Å². The molecule has 122 valence electrons. The number of benzene rings is 1. The van der Waals surface area contributed by atoms with Gasteiger partial charge in [0, 0.05) is 19.0 Å².